The van der Waals surface area contributed by atoms with Gasteiger partial charge in [-0.15, -0.1) is 0 Å². The summed E-state index contributed by atoms with van der Waals surface area (Å²) in [4.78, 5) is 24.0. The van der Waals surface area contributed by atoms with E-state index in [4.69, 9.17) is 9.97 Å². The number of fused-ring (bicyclic) bond motifs is 1. The summed E-state index contributed by atoms with van der Waals surface area (Å²) >= 11 is 0. The Hall–Kier alpha value is -3.76. The summed E-state index contributed by atoms with van der Waals surface area (Å²) < 4.78 is 30.6. The number of nitrogens with zero attached hydrogens (tertiary/aromatic N) is 4. The lowest BCUT2D eigenvalue weighted by molar-refractivity contribution is 0.248. The molecule has 0 atom stereocenters. The maximum Gasteiger partial charge on any atom is 0.328 e. The van der Waals surface area contributed by atoms with Crippen LogP contribution < -0.4 is 10.0 Å². The molecule has 1 aliphatic rings. The Morgan fingerprint density at radius 2 is 1.65 bits per heavy atom. The van der Waals surface area contributed by atoms with Gasteiger partial charge < -0.3 is 9.88 Å². The highest BCUT2D eigenvalue weighted by molar-refractivity contribution is 7.90. The van der Waals surface area contributed by atoms with Gasteiger partial charge >= 0.3 is 6.03 Å². The number of pyridine rings is 1. The number of amides is 2. The van der Waals surface area contributed by atoms with Crippen molar-refractivity contribution >= 4 is 27.2 Å². The molecule has 2 aromatic heterocycles. The molecule has 40 heavy (non-hydrogen) atoms. The highest BCUT2D eigenvalue weighted by Crippen LogP contribution is 2.30. The Bertz CT molecular complexity index is 1660. The minimum atomic E-state index is -4.08. The predicted octanol–water partition coefficient (Wildman–Crippen LogP) is 4.54. The van der Waals surface area contributed by atoms with Crippen LogP contribution in [0.25, 0.3) is 22.3 Å². The Kier molecular flexibility index (Phi) is 7.91. The van der Waals surface area contributed by atoms with E-state index in [0.29, 0.717) is 12.1 Å². The summed E-state index contributed by atoms with van der Waals surface area (Å²) in [7, 11) is -2.70. The van der Waals surface area contributed by atoms with Crippen molar-refractivity contribution in [3.05, 3.63) is 76.7 Å². The lowest BCUT2D eigenvalue weighted by Crippen LogP contribution is -2.37. The van der Waals surface area contributed by atoms with E-state index in [1.165, 1.54) is 19.9 Å². The largest absolute Gasteiger partial charge is 0.340 e. The van der Waals surface area contributed by atoms with E-state index in [0.717, 1.165) is 71.0 Å². The molecule has 2 amide bonds. The zero-order chi connectivity index (χ0) is 28.4. The van der Waals surface area contributed by atoms with Crippen LogP contribution in [0.5, 0.6) is 0 Å². The molecule has 10 heteroatoms. The maximum absolute atomic E-state index is 13.2. The Morgan fingerprint density at radius 3 is 2.33 bits per heavy atom. The maximum atomic E-state index is 13.2. The van der Waals surface area contributed by atoms with Gasteiger partial charge in [-0.25, -0.2) is 27.9 Å². The fraction of sp³-hybridized carbons (Fsp3) is 0.367. The number of carbonyl (C=O) groups is 1. The first kappa shape index (κ1) is 27.8. The van der Waals surface area contributed by atoms with Crippen molar-refractivity contribution in [2.75, 3.05) is 20.1 Å². The average Bonchev–Trinajstić information content (AvgIpc) is 3.56. The summed E-state index contributed by atoms with van der Waals surface area (Å²) in [5.41, 5.74) is 7.29. The quantitative estimate of drug-likeness (QED) is 0.328. The van der Waals surface area contributed by atoms with Gasteiger partial charge in [0.15, 0.2) is 5.65 Å². The van der Waals surface area contributed by atoms with Crippen molar-refractivity contribution in [3.63, 3.8) is 0 Å². The third kappa shape index (κ3) is 5.73. The van der Waals surface area contributed by atoms with E-state index >= 15 is 0 Å². The molecule has 1 saturated heterocycles. The fourth-order valence-electron chi connectivity index (χ4n) is 5.42. The number of nitrogens with one attached hydrogen (secondary N) is 2. The molecule has 3 heterocycles. The van der Waals surface area contributed by atoms with E-state index in [1.54, 1.807) is 6.07 Å². The summed E-state index contributed by atoms with van der Waals surface area (Å²) in [6.07, 6.45) is 3.14. The zero-order valence-corrected chi connectivity index (χ0v) is 24.3. The number of hydrogen-bond donors (Lipinski definition) is 2. The fourth-order valence-corrected chi connectivity index (χ4v) is 6.59. The van der Waals surface area contributed by atoms with Crippen LogP contribution in [0.15, 0.2) is 53.4 Å². The summed E-state index contributed by atoms with van der Waals surface area (Å²) in [6, 6.07) is 14.5. The number of carbonyl (C=O) groups excluding carboxylic acids is 1. The van der Waals surface area contributed by atoms with Crippen LogP contribution in [0.2, 0.25) is 0 Å². The number of sulfonamides is 1. The number of aryl methyl sites for hydroxylation is 3. The monoisotopic (exact) mass is 560 g/mol. The summed E-state index contributed by atoms with van der Waals surface area (Å²) in [5.74, 6) is 0.976. The second kappa shape index (κ2) is 11.4. The summed E-state index contributed by atoms with van der Waals surface area (Å²) in [5, 5.41) is 2.32. The van der Waals surface area contributed by atoms with E-state index in [-0.39, 0.29) is 4.90 Å². The SMILES string of the molecule is CCc1nc2c(C)cc(C)nc2n1Cc1ccc(-c2cc(CN3CCCC3)ccc2S(=O)(=O)NC(=O)NC)cc1. The zero-order valence-electron chi connectivity index (χ0n) is 23.5. The first-order valence-electron chi connectivity index (χ1n) is 13.7. The molecule has 210 valence electrons. The van der Waals surface area contributed by atoms with Gasteiger partial charge in [-0.3, -0.25) is 4.90 Å². The molecule has 0 unspecified atom stereocenters. The summed E-state index contributed by atoms with van der Waals surface area (Å²) in [6.45, 7) is 9.59. The van der Waals surface area contributed by atoms with Crippen LogP contribution >= 0.6 is 0 Å². The van der Waals surface area contributed by atoms with Crippen molar-refractivity contribution in [1.82, 2.24) is 29.5 Å². The molecule has 0 spiro atoms. The Balaban J connectivity index is 1.51. The highest BCUT2D eigenvalue weighted by atomic mass is 32.2. The molecule has 0 radical (unpaired) electrons. The van der Waals surface area contributed by atoms with Crippen molar-refractivity contribution in [2.45, 2.75) is 58.0 Å². The van der Waals surface area contributed by atoms with E-state index in [9.17, 15) is 13.2 Å². The molecule has 5 rings (SSSR count). The minimum absolute atomic E-state index is 0.0676. The molecule has 0 aliphatic carbocycles. The van der Waals surface area contributed by atoms with Crippen LogP contribution in [0.4, 0.5) is 4.79 Å². The predicted molar refractivity (Wildman–Crippen MR) is 157 cm³/mol. The number of rotatable bonds is 8. The molecule has 2 aromatic carbocycles. The molecule has 9 nitrogen and oxygen atoms in total. The van der Waals surface area contributed by atoms with Gasteiger partial charge in [0.05, 0.1) is 11.4 Å². The first-order valence-corrected chi connectivity index (χ1v) is 15.2. The minimum Gasteiger partial charge on any atom is -0.340 e. The van der Waals surface area contributed by atoms with Crippen LogP contribution in [0, 0.1) is 13.8 Å². The van der Waals surface area contributed by atoms with Crippen molar-refractivity contribution < 1.29 is 13.2 Å². The normalized spacial score (nSPS) is 14.1. The van der Waals surface area contributed by atoms with Crippen LogP contribution in [0.1, 0.15) is 48.0 Å². The second-order valence-electron chi connectivity index (χ2n) is 10.4. The Labute approximate surface area is 235 Å². The van der Waals surface area contributed by atoms with Crippen LogP contribution in [0.3, 0.4) is 0 Å². The standard InChI is InChI=1S/C30H36N6O3S/c1-5-27-33-28-20(2)16-21(3)32-29(28)36(27)19-22-8-11-24(12-9-22)25-17-23(18-35-14-6-7-15-35)10-13-26(25)40(38,39)34-30(37)31-4/h8-13,16-17H,5-7,14-15,18-19H2,1-4H3,(H2,31,34,37). The molecule has 1 aliphatic heterocycles. The molecule has 0 saturated carbocycles. The van der Waals surface area contributed by atoms with Gasteiger partial charge in [0.2, 0.25) is 0 Å². The first-order chi connectivity index (χ1) is 19.2. The van der Waals surface area contributed by atoms with Gasteiger partial charge in [0, 0.05) is 31.3 Å². The van der Waals surface area contributed by atoms with Gasteiger partial charge in [-0.2, -0.15) is 0 Å². The molecular formula is C30H36N6O3S. The average molecular weight is 561 g/mol. The van der Waals surface area contributed by atoms with Gasteiger partial charge in [0.1, 0.15) is 11.3 Å². The van der Waals surface area contributed by atoms with Gasteiger partial charge in [0.25, 0.3) is 10.0 Å². The molecule has 0 bridgehead atoms. The molecular weight excluding hydrogens is 524 g/mol. The third-order valence-corrected chi connectivity index (χ3v) is 8.80. The van der Waals surface area contributed by atoms with Crippen LogP contribution in [-0.2, 0) is 29.5 Å². The number of urea groups is 1. The number of aromatic nitrogens is 3. The van der Waals surface area contributed by atoms with E-state index < -0.39 is 16.1 Å². The van der Waals surface area contributed by atoms with Crippen molar-refractivity contribution in [2.24, 2.45) is 0 Å². The van der Waals surface area contributed by atoms with Crippen molar-refractivity contribution in [1.29, 1.82) is 0 Å². The smallest absolute Gasteiger partial charge is 0.328 e. The topological polar surface area (TPSA) is 109 Å². The number of imidazole rings is 1. The number of benzene rings is 2. The van der Waals surface area contributed by atoms with Crippen LogP contribution in [-0.4, -0.2) is 54.0 Å². The lowest BCUT2D eigenvalue weighted by Gasteiger charge is -2.18. The second-order valence-corrected chi connectivity index (χ2v) is 12.1. The lowest BCUT2D eigenvalue weighted by atomic mass is 10.0. The van der Waals surface area contributed by atoms with Crippen molar-refractivity contribution in [3.8, 4) is 11.1 Å². The highest BCUT2D eigenvalue weighted by Gasteiger charge is 2.23. The van der Waals surface area contributed by atoms with E-state index in [1.807, 2.05) is 43.3 Å². The number of hydrogen-bond acceptors (Lipinski definition) is 6. The van der Waals surface area contributed by atoms with Gasteiger partial charge in [-0.1, -0.05) is 37.3 Å². The van der Waals surface area contributed by atoms with E-state index in [2.05, 4.69) is 39.4 Å². The Morgan fingerprint density at radius 1 is 0.950 bits per heavy atom. The van der Waals surface area contributed by atoms with Gasteiger partial charge in [-0.05, 0) is 80.2 Å². The molecule has 4 aromatic rings. The molecule has 1 fully saturated rings. The third-order valence-electron chi connectivity index (χ3n) is 7.42. The number of likely N-dealkylation sites (tertiary alicyclic amines) is 1. The molecule has 2 N–H and O–H groups in total.